The molecular formula is C10H15ClIN. The first-order chi connectivity index (χ1) is 5.74. The van der Waals surface area contributed by atoms with Crippen molar-refractivity contribution in [3.05, 3.63) is 33.4 Å². The molecule has 1 aromatic carbocycles. The summed E-state index contributed by atoms with van der Waals surface area (Å²) >= 11 is 2.30. The first kappa shape index (κ1) is 13.2. The van der Waals surface area contributed by atoms with E-state index in [0.717, 1.165) is 12.8 Å². The van der Waals surface area contributed by atoms with Gasteiger partial charge in [0.15, 0.2) is 0 Å². The highest BCUT2D eigenvalue weighted by atomic mass is 127. The maximum absolute atomic E-state index is 5.95. The Morgan fingerprint density at radius 2 is 1.85 bits per heavy atom. The predicted molar refractivity (Wildman–Crippen MR) is 68.2 cm³/mol. The molecule has 0 amide bonds. The van der Waals surface area contributed by atoms with E-state index in [1.165, 1.54) is 9.13 Å². The average molecular weight is 312 g/mol. The van der Waals surface area contributed by atoms with Crippen LogP contribution in [0.5, 0.6) is 0 Å². The molecule has 0 unspecified atom stereocenters. The highest BCUT2D eigenvalue weighted by Crippen LogP contribution is 2.16. The highest BCUT2D eigenvalue weighted by molar-refractivity contribution is 14.1. The van der Waals surface area contributed by atoms with Crippen LogP contribution < -0.4 is 5.73 Å². The van der Waals surface area contributed by atoms with Crippen LogP contribution in [-0.2, 0) is 0 Å². The smallest absolute Gasteiger partial charge is 0.0294 e. The van der Waals surface area contributed by atoms with E-state index in [2.05, 4.69) is 53.8 Å². The van der Waals surface area contributed by atoms with Crippen LogP contribution in [0.15, 0.2) is 24.3 Å². The summed E-state index contributed by atoms with van der Waals surface area (Å²) in [6, 6.07) is 8.65. The molecule has 0 saturated heterocycles. The third kappa shape index (κ3) is 4.29. The van der Waals surface area contributed by atoms with Crippen molar-refractivity contribution in [3.63, 3.8) is 0 Å². The minimum atomic E-state index is 0. The van der Waals surface area contributed by atoms with Crippen LogP contribution in [0.3, 0.4) is 0 Å². The maximum atomic E-state index is 5.95. The van der Waals surface area contributed by atoms with Gasteiger partial charge in [0.2, 0.25) is 0 Å². The normalized spacial score (nSPS) is 11.9. The first-order valence-corrected chi connectivity index (χ1v) is 5.33. The fraction of sp³-hybridized carbons (Fsp3) is 0.400. The molecule has 0 aromatic heterocycles. The molecule has 3 heteroatoms. The molecule has 0 bridgehead atoms. The molecule has 0 fully saturated rings. The lowest BCUT2D eigenvalue weighted by molar-refractivity contribution is 0.638. The largest absolute Gasteiger partial charge is 0.324 e. The lowest BCUT2D eigenvalue weighted by Gasteiger charge is -2.09. The number of hydrogen-bond donors (Lipinski definition) is 1. The van der Waals surface area contributed by atoms with Crippen molar-refractivity contribution in [3.8, 4) is 0 Å². The molecule has 1 nitrogen and oxygen atoms in total. The Kier molecular flexibility index (Phi) is 6.73. The van der Waals surface area contributed by atoms with Gasteiger partial charge in [0.25, 0.3) is 0 Å². The molecular weight excluding hydrogens is 296 g/mol. The van der Waals surface area contributed by atoms with E-state index in [9.17, 15) is 0 Å². The van der Waals surface area contributed by atoms with Gasteiger partial charge >= 0.3 is 0 Å². The van der Waals surface area contributed by atoms with E-state index >= 15 is 0 Å². The second-order valence-electron chi connectivity index (χ2n) is 2.95. The van der Waals surface area contributed by atoms with Crippen LogP contribution in [-0.4, -0.2) is 0 Å². The third-order valence-corrected chi connectivity index (χ3v) is 2.62. The number of benzene rings is 1. The van der Waals surface area contributed by atoms with E-state index in [1.54, 1.807) is 0 Å². The summed E-state index contributed by atoms with van der Waals surface area (Å²) in [4.78, 5) is 0. The van der Waals surface area contributed by atoms with Crippen molar-refractivity contribution in [1.82, 2.24) is 0 Å². The molecule has 1 rings (SSSR count). The van der Waals surface area contributed by atoms with Gasteiger partial charge in [-0.1, -0.05) is 25.5 Å². The zero-order valence-electron chi connectivity index (χ0n) is 7.66. The van der Waals surface area contributed by atoms with Gasteiger partial charge in [-0.25, -0.2) is 0 Å². The Balaban J connectivity index is 0.00000144. The Bertz CT molecular complexity index is 235. The lowest BCUT2D eigenvalue weighted by Crippen LogP contribution is -2.09. The van der Waals surface area contributed by atoms with Crippen LogP contribution in [0.2, 0.25) is 0 Å². The van der Waals surface area contributed by atoms with Gasteiger partial charge in [0.1, 0.15) is 0 Å². The molecule has 1 atom stereocenters. The van der Waals surface area contributed by atoms with Crippen LogP contribution in [0, 0.1) is 3.57 Å². The molecule has 0 heterocycles. The Morgan fingerprint density at radius 3 is 2.31 bits per heavy atom. The first-order valence-electron chi connectivity index (χ1n) is 4.25. The van der Waals surface area contributed by atoms with Crippen molar-refractivity contribution in [2.75, 3.05) is 0 Å². The zero-order valence-corrected chi connectivity index (χ0v) is 10.6. The summed E-state index contributed by atoms with van der Waals surface area (Å²) in [5.74, 6) is 0. The molecule has 0 radical (unpaired) electrons. The molecule has 0 spiro atoms. The molecule has 13 heavy (non-hydrogen) atoms. The van der Waals surface area contributed by atoms with E-state index in [4.69, 9.17) is 5.73 Å². The van der Waals surface area contributed by atoms with E-state index < -0.39 is 0 Å². The standard InChI is InChI=1S/C10H14IN.ClH/c1-2-3-10(12)8-4-6-9(11)7-5-8;/h4-7,10H,2-3,12H2,1H3;1H/t10-;/m0./s1. The van der Waals surface area contributed by atoms with Gasteiger partial charge in [0, 0.05) is 9.61 Å². The highest BCUT2D eigenvalue weighted by Gasteiger charge is 2.02. The second-order valence-corrected chi connectivity index (χ2v) is 4.19. The van der Waals surface area contributed by atoms with Gasteiger partial charge in [-0.05, 0) is 46.7 Å². The van der Waals surface area contributed by atoms with Crippen molar-refractivity contribution >= 4 is 35.0 Å². The summed E-state index contributed by atoms with van der Waals surface area (Å²) in [6.45, 7) is 2.16. The zero-order chi connectivity index (χ0) is 8.97. The number of halogens is 2. The van der Waals surface area contributed by atoms with Crippen molar-refractivity contribution < 1.29 is 0 Å². The van der Waals surface area contributed by atoms with Crippen molar-refractivity contribution in [2.45, 2.75) is 25.8 Å². The van der Waals surface area contributed by atoms with Crippen LogP contribution in [0.4, 0.5) is 0 Å². The fourth-order valence-electron chi connectivity index (χ4n) is 1.19. The molecule has 0 saturated carbocycles. The summed E-state index contributed by atoms with van der Waals surface area (Å²) in [6.07, 6.45) is 2.22. The Hall–Kier alpha value is 0.200. The molecule has 0 aliphatic heterocycles. The monoisotopic (exact) mass is 311 g/mol. The Labute approximate surface area is 99.6 Å². The quantitative estimate of drug-likeness (QED) is 0.849. The fourth-order valence-corrected chi connectivity index (χ4v) is 1.55. The molecule has 74 valence electrons. The SMILES string of the molecule is CCC[C@H](N)c1ccc(I)cc1.Cl. The summed E-state index contributed by atoms with van der Waals surface area (Å²) in [7, 11) is 0. The maximum Gasteiger partial charge on any atom is 0.0294 e. The third-order valence-electron chi connectivity index (χ3n) is 1.90. The van der Waals surface area contributed by atoms with Crippen molar-refractivity contribution in [2.24, 2.45) is 5.73 Å². The van der Waals surface area contributed by atoms with Crippen LogP contribution >= 0.6 is 35.0 Å². The lowest BCUT2D eigenvalue weighted by atomic mass is 10.0. The van der Waals surface area contributed by atoms with Crippen LogP contribution in [0.1, 0.15) is 31.4 Å². The van der Waals surface area contributed by atoms with E-state index in [0.29, 0.717) is 0 Å². The average Bonchev–Trinajstić information content (AvgIpc) is 2.06. The van der Waals surface area contributed by atoms with Gasteiger partial charge in [-0.15, -0.1) is 12.4 Å². The van der Waals surface area contributed by atoms with Crippen LogP contribution in [0.25, 0.3) is 0 Å². The molecule has 1 aromatic rings. The van der Waals surface area contributed by atoms with Crippen molar-refractivity contribution in [1.29, 1.82) is 0 Å². The minimum Gasteiger partial charge on any atom is -0.324 e. The van der Waals surface area contributed by atoms with Gasteiger partial charge < -0.3 is 5.73 Å². The molecule has 0 aliphatic carbocycles. The number of rotatable bonds is 3. The van der Waals surface area contributed by atoms with E-state index in [-0.39, 0.29) is 18.4 Å². The molecule has 2 N–H and O–H groups in total. The van der Waals surface area contributed by atoms with Gasteiger partial charge in [-0.2, -0.15) is 0 Å². The summed E-state index contributed by atoms with van der Waals surface area (Å²) in [5, 5.41) is 0. The Morgan fingerprint density at radius 1 is 1.31 bits per heavy atom. The predicted octanol–water partition coefficient (Wildman–Crippen LogP) is 3.51. The summed E-state index contributed by atoms with van der Waals surface area (Å²) in [5.41, 5.74) is 7.20. The number of hydrogen-bond acceptors (Lipinski definition) is 1. The van der Waals surface area contributed by atoms with Gasteiger partial charge in [-0.3, -0.25) is 0 Å². The number of nitrogens with two attached hydrogens (primary N) is 1. The molecule has 0 aliphatic rings. The van der Waals surface area contributed by atoms with Gasteiger partial charge in [0.05, 0.1) is 0 Å². The topological polar surface area (TPSA) is 26.0 Å². The summed E-state index contributed by atoms with van der Waals surface area (Å²) < 4.78 is 1.26. The minimum absolute atomic E-state index is 0. The van der Waals surface area contributed by atoms with E-state index in [1.807, 2.05) is 0 Å². The second kappa shape index (κ2) is 6.62.